The highest BCUT2D eigenvalue weighted by Gasteiger charge is 2.19. The third kappa shape index (κ3) is 2.63. The van der Waals surface area contributed by atoms with Crippen molar-refractivity contribution in [1.82, 2.24) is 0 Å². The number of carbonyl (C=O) groups excluding carboxylic acids is 1. The van der Waals surface area contributed by atoms with Crippen LogP contribution in [0, 0.1) is 17.1 Å². The second-order valence-corrected chi connectivity index (χ2v) is 4.53. The highest BCUT2D eigenvalue weighted by Crippen LogP contribution is 2.22. The summed E-state index contributed by atoms with van der Waals surface area (Å²) < 4.78 is 13.8. The van der Waals surface area contributed by atoms with E-state index in [9.17, 15) is 9.18 Å². The van der Waals surface area contributed by atoms with Crippen molar-refractivity contribution < 1.29 is 9.18 Å². The van der Waals surface area contributed by atoms with Crippen LogP contribution in [0.25, 0.3) is 0 Å². The highest BCUT2D eigenvalue weighted by molar-refractivity contribution is 6.31. The van der Waals surface area contributed by atoms with Crippen LogP contribution < -0.4 is 4.90 Å². The van der Waals surface area contributed by atoms with Crippen molar-refractivity contribution >= 4 is 23.2 Å². The van der Waals surface area contributed by atoms with Crippen LogP contribution in [0.3, 0.4) is 0 Å². The fourth-order valence-electron chi connectivity index (χ4n) is 1.75. The average Bonchev–Trinajstić information content (AvgIpc) is 2.48. The molecule has 0 aliphatic carbocycles. The standard InChI is InChI=1S/C15H10ClFN2O/c1-19(11-5-2-4-10(8-11)9-18)15(20)12-6-3-7-13(16)14(12)17/h2-8H,1H3. The first-order valence-electron chi connectivity index (χ1n) is 5.77. The van der Waals surface area contributed by atoms with Crippen LogP contribution in [0.4, 0.5) is 10.1 Å². The van der Waals surface area contributed by atoms with Crippen LogP contribution >= 0.6 is 11.6 Å². The maximum atomic E-state index is 13.8. The van der Waals surface area contributed by atoms with Gasteiger partial charge < -0.3 is 4.90 Å². The minimum atomic E-state index is -0.748. The summed E-state index contributed by atoms with van der Waals surface area (Å²) in [5.41, 5.74) is 0.824. The third-order valence-electron chi connectivity index (χ3n) is 2.85. The zero-order valence-corrected chi connectivity index (χ0v) is 11.4. The van der Waals surface area contributed by atoms with Crippen LogP contribution in [0.2, 0.25) is 5.02 Å². The van der Waals surface area contributed by atoms with Crippen LogP contribution in [-0.4, -0.2) is 13.0 Å². The molecule has 0 saturated heterocycles. The molecule has 0 atom stereocenters. The zero-order chi connectivity index (χ0) is 14.7. The lowest BCUT2D eigenvalue weighted by atomic mass is 10.1. The number of hydrogen-bond acceptors (Lipinski definition) is 2. The third-order valence-corrected chi connectivity index (χ3v) is 3.14. The number of nitriles is 1. The number of benzene rings is 2. The number of amides is 1. The van der Waals surface area contributed by atoms with Crippen LogP contribution in [0.15, 0.2) is 42.5 Å². The lowest BCUT2D eigenvalue weighted by molar-refractivity contribution is 0.0989. The van der Waals surface area contributed by atoms with Crippen molar-refractivity contribution in [2.75, 3.05) is 11.9 Å². The van der Waals surface area contributed by atoms with Gasteiger partial charge in [-0.25, -0.2) is 4.39 Å². The molecule has 0 radical (unpaired) electrons. The molecular weight excluding hydrogens is 279 g/mol. The van der Waals surface area contributed by atoms with Crippen LogP contribution in [-0.2, 0) is 0 Å². The molecule has 2 rings (SSSR count). The summed E-state index contributed by atoms with van der Waals surface area (Å²) in [6, 6.07) is 12.8. The van der Waals surface area contributed by atoms with Gasteiger partial charge in [0.15, 0.2) is 5.82 Å². The molecule has 2 aromatic carbocycles. The average molecular weight is 289 g/mol. The largest absolute Gasteiger partial charge is 0.311 e. The molecular formula is C15H10ClFN2O. The van der Waals surface area contributed by atoms with E-state index in [0.717, 1.165) is 0 Å². The number of hydrogen-bond donors (Lipinski definition) is 0. The van der Waals surface area contributed by atoms with Gasteiger partial charge in [0.05, 0.1) is 22.2 Å². The minimum Gasteiger partial charge on any atom is -0.311 e. The molecule has 0 aliphatic heterocycles. The van der Waals surface area contributed by atoms with Gasteiger partial charge in [-0.15, -0.1) is 0 Å². The number of carbonyl (C=O) groups is 1. The first-order chi connectivity index (χ1) is 9.54. The fraction of sp³-hybridized carbons (Fsp3) is 0.0667. The van der Waals surface area contributed by atoms with Gasteiger partial charge in [0.2, 0.25) is 0 Å². The van der Waals surface area contributed by atoms with Gasteiger partial charge in [-0.2, -0.15) is 5.26 Å². The Hall–Kier alpha value is -2.38. The summed E-state index contributed by atoms with van der Waals surface area (Å²) >= 11 is 5.67. The van der Waals surface area contributed by atoms with Crippen LogP contribution in [0.1, 0.15) is 15.9 Å². The molecule has 3 nitrogen and oxygen atoms in total. The Kier molecular flexibility index (Phi) is 4.02. The molecule has 20 heavy (non-hydrogen) atoms. The van der Waals surface area contributed by atoms with Gasteiger partial charge in [0.1, 0.15) is 0 Å². The zero-order valence-electron chi connectivity index (χ0n) is 10.6. The molecule has 0 saturated carbocycles. The predicted molar refractivity (Wildman–Crippen MR) is 75.3 cm³/mol. The van der Waals surface area contributed by atoms with Gasteiger partial charge in [0.25, 0.3) is 5.91 Å². The van der Waals surface area contributed by atoms with Gasteiger partial charge in [-0.1, -0.05) is 23.7 Å². The molecule has 0 spiro atoms. The monoisotopic (exact) mass is 288 g/mol. The number of rotatable bonds is 2. The Balaban J connectivity index is 2.38. The lowest BCUT2D eigenvalue weighted by Crippen LogP contribution is -2.27. The van der Waals surface area contributed by atoms with Gasteiger partial charge in [-0.05, 0) is 30.3 Å². The molecule has 100 valence electrons. The van der Waals surface area contributed by atoms with Gasteiger partial charge in [-0.3, -0.25) is 4.79 Å². The molecule has 5 heteroatoms. The first-order valence-corrected chi connectivity index (χ1v) is 6.14. The van der Waals surface area contributed by atoms with E-state index in [2.05, 4.69) is 0 Å². The summed E-state index contributed by atoms with van der Waals surface area (Å²) in [5, 5.41) is 8.75. The molecule has 0 fully saturated rings. The van der Waals surface area contributed by atoms with E-state index in [1.165, 1.54) is 30.1 Å². The second-order valence-electron chi connectivity index (χ2n) is 4.13. The quantitative estimate of drug-likeness (QED) is 0.847. The van der Waals surface area contributed by atoms with Crippen molar-refractivity contribution in [1.29, 1.82) is 5.26 Å². The van der Waals surface area contributed by atoms with E-state index < -0.39 is 11.7 Å². The summed E-state index contributed by atoms with van der Waals surface area (Å²) in [4.78, 5) is 13.5. The summed E-state index contributed by atoms with van der Waals surface area (Å²) in [7, 11) is 1.51. The van der Waals surface area contributed by atoms with Gasteiger partial charge in [0, 0.05) is 12.7 Å². The molecule has 0 aromatic heterocycles. The number of nitrogens with zero attached hydrogens (tertiary/aromatic N) is 2. The number of anilines is 1. The first kappa shape index (κ1) is 14.0. The summed E-state index contributed by atoms with van der Waals surface area (Å²) in [6.07, 6.45) is 0. The Morgan fingerprint density at radius 1 is 1.30 bits per heavy atom. The van der Waals surface area contributed by atoms with E-state index in [-0.39, 0.29) is 10.6 Å². The van der Waals surface area contributed by atoms with E-state index in [1.807, 2.05) is 6.07 Å². The Labute approximate surface area is 120 Å². The Morgan fingerprint density at radius 3 is 2.70 bits per heavy atom. The van der Waals surface area contributed by atoms with E-state index in [0.29, 0.717) is 11.3 Å². The smallest absolute Gasteiger partial charge is 0.261 e. The van der Waals surface area contributed by atoms with Crippen molar-refractivity contribution in [2.45, 2.75) is 0 Å². The molecule has 0 aliphatic rings. The molecule has 1 amide bonds. The summed E-state index contributed by atoms with van der Waals surface area (Å²) in [6.45, 7) is 0. The molecule has 0 unspecified atom stereocenters. The fourth-order valence-corrected chi connectivity index (χ4v) is 1.93. The maximum absolute atomic E-state index is 13.8. The van der Waals surface area contributed by atoms with Crippen LogP contribution in [0.5, 0.6) is 0 Å². The second kappa shape index (κ2) is 5.72. The molecule has 0 N–H and O–H groups in total. The van der Waals surface area contributed by atoms with Crippen molar-refractivity contribution in [2.24, 2.45) is 0 Å². The topological polar surface area (TPSA) is 44.1 Å². The molecule has 2 aromatic rings. The SMILES string of the molecule is CN(C(=O)c1cccc(Cl)c1F)c1cccc(C#N)c1. The van der Waals surface area contributed by atoms with Crippen molar-refractivity contribution in [3.63, 3.8) is 0 Å². The Morgan fingerprint density at radius 2 is 2.00 bits per heavy atom. The van der Waals surface area contributed by atoms with E-state index >= 15 is 0 Å². The van der Waals surface area contributed by atoms with Gasteiger partial charge >= 0.3 is 0 Å². The molecule has 0 heterocycles. The van der Waals surface area contributed by atoms with Crippen molar-refractivity contribution in [3.8, 4) is 6.07 Å². The van der Waals surface area contributed by atoms with Crippen molar-refractivity contribution in [3.05, 3.63) is 64.4 Å². The number of halogens is 2. The van der Waals surface area contributed by atoms with E-state index in [1.54, 1.807) is 24.3 Å². The maximum Gasteiger partial charge on any atom is 0.261 e. The predicted octanol–water partition coefficient (Wildman–Crippen LogP) is 3.63. The normalized spacial score (nSPS) is 9.90. The lowest BCUT2D eigenvalue weighted by Gasteiger charge is -2.18. The minimum absolute atomic E-state index is 0.102. The molecule has 0 bridgehead atoms. The van der Waals surface area contributed by atoms with E-state index in [4.69, 9.17) is 16.9 Å². The highest BCUT2D eigenvalue weighted by atomic mass is 35.5. The Bertz CT molecular complexity index is 709. The summed E-state index contributed by atoms with van der Waals surface area (Å²) in [5.74, 6) is -1.28.